The van der Waals surface area contributed by atoms with Gasteiger partial charge in [0, 0.05) is 31.2 Å². The maximum absolute atomic E-state index is 6.27. The Labute approximate surface area is 118 Å². The fourth-order valence-electron chi connectivity index (χ4n) is 4.56. The Balaban J connectivity index is 1.69. The number of rotatable bonds is 5. The SMILES string of the molecule is CCN(CC1CCC1)C1(CN)CCN2CCCC2C1. The summed E-state index contributed by atoms with van der Waals surface area (Å²) in [6, 6.07) is 0.827. The van der Waals surface area contributed by atoms with Crippen LogP contribution in [0.3, 0.4) is 0 Å². The average Bonchev–Trinajstić information content (AvgIpc) is 2.84. The third-order valence-electron chi connectivity index (χ3n) is 6.11. The van der Waals surface area contributed by atoms with Gasteiger partial charge in [0.2, 0.25) is 0 Å². The van der Waals surface area contributed by atoms with Crippen LogP contribution in [-0.4, -0.2) is 54.1 Å². The van der Waals surface area contributed by atoms with Crippen molar-refractivity contribution in [2.45, 2.75) is 63.5 Å². The second kappa shape index (κ2) is 5.71. The van der Waals surface area contributed by atoms with Crippen molar-refractivity contribution < 1.29 is 0 Å². The van der Waals surface area contributed by atoms with Gasteiger partial charge < -0.3 is 10.6 Å². The number of nitrogens with two attached hydrogens (primary N) is 1. The van der Waals surface area contributed by atoms with Crippen LogP contribution >= 0.6 is 0 Å². The average molecular weight is 265 g/mol. The fraction of sp³-hybridized carbons (Fsp3) is 1.00. The summed E-state index contributed by atoms with van der Waals surface area (Å²) < 4.78 is 0. The minimum Gasteiger partial charge on any atom is -0.329 e. The number of hydrogen-bond acceptors (Lipinski definition) is 3. The van der Waals surface area contributed by atoms with Crippen LogP contribution in [0.5, 0.6) is 0 Å². The van der Waals surface area contributed by atoms with Gasteiger partial charge in [-0.1, -0.05) is 13.3 Å². The summed E-state index contributed by atoms with van der Waals surface area (Å²) in [7, 11) is 0. The third kappa shape index (κ3) is 2.57. The van der Waals surface area contributed by atoms with Crippen molar-refractivity contribution in [3.05, 3.63) is 0 Å². The third-order valence-corrected chi connectivity index (χ3v) is 6.11. The Bertz CT molecular complexity index is 302. The molecule has 3 nitrogen and oxygen atoms in total. The smallest absolute Gasteiger partial charge is 0.0358 e. The molecule has 2 unspecified atom stereocenters. The van der Waals surface area contributed by atoms with Crippen LogP contribution in [0.15, 0.2) is 0 Å². The summed E-state index contributed by atoms with van der Waals surface area (Å²) in [6.45, 7) is 8.29. The van der Waals surface area contributed by atoms with Crippen LogP contribution in [0.2, 0.25) is 0 Å². The first kappa shape index (κ1) is 13.8. The van der Waals surface area contributed by atoms with E-state index in [-0.39, 0.29) is 0 Å². The number of fused-ring (bicyclic) bond motifs is 1. The van der Waals surface area contributed by atoms with E-state index in [1.54, 1.807) is 0 Å². The topological polar surface area (TPSA) is 32.5 Å². The van der Waals surface area contributed by atoms with Crippen LogP contribution in [-0.2, 0) is 0 Å². The van der Waals surface area contributed by atoms with Crippen molar-refractivity contribution in [3.8, 4) is 0 Å². The predicted octanol–water partition coefficient (Wildman–Crippen LogP) is 2.06. The zero-order chi connectivity index (χ0) is 13.3. The molecule has 1 saturated carbocycles. The summed E-state index contributed by atoms with van der Waals surface area (Å²) in [6.07, 6.45) is 9.78. The normalized spacial score (nSPS) is 36.5. The van der Waals surface area contributed by atoms with E-state index in [0.29, 0.717) is 5.54 Å². The molecule has 0 radical (unpaired) electrons. The molecule has 3 fully saturated rings. The summed E-state index contributed by atoms with van der Waals surface area (Å²) in [4.78, 5) is 5.47. The molecular weight excluding hydrogens is 234 g/mol. The first-order chi connectivity index (χ1) is 9.27. The van der Waals surface area contributed by atoms with Gasteiger partial charge in [0.25, 0.3) is 0 Å². The lowest BCUT2D eigenvalue weighted by atomic mass is 9.79. The van der Waals surface area contributed by atoms with E-state index in [1.165, 1.54) is 71.1 Å². The maximum Gasteiger partial charge on any atom is 0.0358 e. The molecule has 0 spiro atoms. The van der Waals surface area contributed by atoms with Crippen LogP contribution in [0.1, 0.15) is 51.9 Å². The monoisotopic (exact) mass is 265 g/mol. The second-order valence-corrected chi connectivity index (χ2v) is 7.05. The van der Waals surface area contributed by atoms with Gasteiger partial charge in [-0.3, -0.25) is 4.90 Å². The van der Waals surface area contributed by atoms with E-state index in [4.69, 9.17) is 5.73 Å². The molecule has 0 aromatic carbocycles. The molecule has 3 heteroatoms. The maximum atomic E-state index is 6.27. The Morgan fingerprint density at radius 3 is 2.68 bits per heavy atom. The Hall–Kier alpha value is -0.120. The standard InChI is InChI=1S/C16H31N3/c1-2-19(12-14-5-3-6-14)16(13-17)8-10-18-9-4-7-15(18)11-16/h14-15H,2-13,17H2,1H3. The second-order valence-electron chi connectivity index (χ2n) is 7.05. The van der Waals surface area contributed by atoms with Crippen molar-refractivity contribution in [1.29, 1.82) is 0 Å². The van der Waals surface area contributed by atoms with E-state index >= 15 is 0 Å². The van der Waals surface area contributed by atoms with Crippen LogP contribution < -0.4 is 5.73 Å². The van der Waals surface area contributed by atoms with Crippen LogP contribution in [0.25, 0.3) is 0 Å². The predicted molar refractivity (Wildman–Crippen MR) is 80.2 cm³/mol. The first-order valence-electron chi connectivity index (χ1n) is 8.46. The highest BCUT2D eigenvalue weighted by Gasteiger charge is 2.44. The van der Waals surface area contributed by atoms with Gasteiger partial charge in [0.1, 0.15) is 0 Å². The zero-order valence-corrected chi connectivity index (χ0v) is 12.6. The molecule has 2 heterocycles. The first-order valence-corrected chi connectivity index (χ1v) is 8.46. The minimum absolute atomic E-state index is 0.315. The molecular formula is C16H31N3. The quantitative estimate of drug-likeness (QED) is 0.826. The summed E-state index contributed by atoms with van der Waals surface area (Å²) in [5.74, 6) is 0.963. The number of hydrogen-bond donors (Lipinski definition) is 1. The summed E-state index contributed by atoms with van der Waals surface area (Å²) >= 11 is 0. The largest absolute Gasteiger partial charge is 0.329 e. The molecule has 2 N–H and O–H groups in total. The Kier molecular flexibility index (Phi) is 4.16. The number of nitrogens with zero attached hydrogens (tertiary/aromatic N) is 2. The molecule has 110 valence electrons. The lowest BCUT2D eigenvalue weighted by molar-refractivity contribution is -0.00317. The van der Waals surface area contributed by atoms with Crippen molar-refractivity contribution in [2.24, 2.45) is 11.7 Å². The number of likely N-dealkylation sites (N-methyl/N-ethyl adjacent to an activating group) is 1. The van der Waals surface area contributed by atoms with Gasteiger partial charge in [-0.25, -0.2) is 0 Å². The van der Waals surface area contributed by atoms with Gasteiger partial charge >= 0.3 is 0 Å². The van der Waals surface area contributed by atoms with Gasteiger partial charge in [0.05, 0.1) is 0 Å². The van der Waals surface area contributed by atoms with E-state index in [0.717, 1.165) is 18.5 Å². The van der Waals surface area contributed by atoms with Crippen LogP contribution in [0.4, 0.5) is 0 Å². The molecule has 2 aliphatic heterocycles. The fourth-order valence-corrected chi connectivity index (χ4v) is 4.56. The molecule has 0 aromatic heterocycles. The van der Waals surface area contributed by atoms with Gasteiger partial charge in [0.15, 0.2) is 0 Å². The molecule has 0 bridgehead atoms. The molecule has 3 aliphatic rings. The van der Waals surface area contributed by atoms with Gasteiger partial charge in [-0.05, 0) is 57.5 Å². The van der Waals surface area contributed by atoms with E-state index in [2.05, 4.69) is 16.7 Å². The minimum atomic E-state index is 0.315. The van der Waals surface area contributed by atoms with Crippen molar-refractivity contribution in [1.82, 2.24) is 9.80 Å². The highest BCUT2D eigenvalue weighted by atomic mass is 15.3. The summed E-state index contributed by atoms with van der Waals surface area (Å²) in [5.41, 5.74) is 6.59. The van der Waals surface area contributed by atoms with Crippen molar-refractivity contribution >= 4 is 0 Å². The zero-order valence-electron chi connectivity index (χ0n) is 12.6. The summed E-state index contributed by atoms with van der Waals surface area (Å²) in [5, 5.41) is 0. The van der Waals surface area contributed by atoms with Gasteiger partial charge in [-0.2, -0.15) is 0 Å². The van der Waals surface area contributed by atoms with Crippen molar-refractivity contribution in [3.63, 3.8) is 0 Å². The van der Waals surface area contributed by atoms with E-state index in [1.807, 2.05) is 0 Å². The molecule has 0 aromatic rings. The Morgan fingerprint density at radius 2 is 2.05 bits per heavy atom. The Morgan fingerprint density at radius 1 is 1.21 bits per heavy atom. The lowest BCUT2D eigenvalue weighted by Crippen LogP contribution is -2.62. The molecule has 1 aliphatic carbocycles. The van der Waals surface area contributed by atoms with Crippen molar-refractivity contribution in [2.75, 3.05) is 32.7 Å². The lowest BCUT2D eigenvalue weighted by Gasteiger charge is -2.51. The molecule has 19 heavy (non-hydrogen) atoms. The van der Waals surface area contributed by atoms with Gasteiger partial charge in [-0.15, -0.1) is 0 Å². The van der Waals surface area contributed by atoms with Crippen LogP contribution in [0, 0.1) is 5.92 Å². The molecule has 0 amide bonds. The molecule has 2 atom stereocenters. The number of piperidine rings is 1. The molecule has 2 saturated heterocycles. The van der Waals surface area contributed by atoms with E-state index in [9.17, 15) is 0 Å². The highest BCUT2D eigenvalue weighted by Crippen LogP contribution is 2.38. The highest BCUT2D eigenvalue weighted by molar-refractivity contribution is 5.02. The van der Waals surface area contributed by atoms with E-state index < -0.39 is 0 Å². The molecule has 3 rings (SSSR count).